The first kappa shape index (κ1) is 11.5. The third kappa shape index (κ3) is 1.77. The van der Waals surface area contributed by atoms with Crippen LogP contribution in [0.3, 0.4) is 0 Å². The Kier molecular flexibility index (Phi) is 2.96. The Morgan fingerprint density at radius 1 is 1.28 bits per heavy atom. The number of anilines is 1. The van der Waals surface area contributed by atoms with Crippen LogP contribution in [-0.4, -0.2) is 24.6 Å². The fourth-order valence-electron chi connectivity index (χ4n) is 2.92. The van der Waals surface area contributed by atoms with E-state index >= 15 is 0 Å². The van der Waals surface area contributed by atoms with E-state index in [1.807, 2.05) is 29.2 Å². The van der Waals surface area contributed by atoms with Crippen LogP contribution in [0.1, 0.15) is 25.7 Å². The molecule has 1 aliphatic carbocycles. The number of ether oxygens (including phenoxy) is 1. The standard InChI is InChI=1S/C14H18N2O2/c15-9-13-14(17)16(10-5-1-2-6-10)11-7-3-4-8-12(11)18-13/h3-4,7-8,10,13H,1-2,5-6,9,15H2. The van der Waals surface area contributed by atoms with Crippen LogP contribution in [0, 0.1) is 0 Å². The molecule has 1 heterocycles. The minimum atomic E-state index is -0.527. The summed E-state index contributed by atoms with van der Waals surface area (Å²) >= 11 is 0. The second-order valence-electron chi connectivity index (χ2n) is 4.96. The van der Waals surface area contributed by atoms with Crippen molar-refractivity contribution in [2.24, 2.45) is 5.73 Å². The van der Waals surface area contributed by atoms with Crippen molar-refractivity contribution in [2.75, 3.05) is 11.4 Å². The van der Waals surface area contributed by atoms with Crippen LogP contribution in [-0.2, 0) is 4.79 Å². The van der Waals surface area contributed by atoms with Crippen molar-refractivity contribution >= 4 is 11.6 Å². The van der Waals surface area contributed by atoms with E-state index in [1.165, 1.54) is 12.8 Å². The molecule has 96 valence electrons. The highest BCUT2D eigenvalue weighted by Gasteiger charge is 2.38. The molecule has 1 fully saturated rings. The molecule has 1 atom stereocenters. The highest BCUT2D eigenvalue weighted by atomic mass is 16.5. The Morgan fingerprint density at radius 2 is 2.00 bits per heavy atom. The van der Waals surface area contributed by atoms with Gasteiger partial charge >= 0.3 is 0 Å². The quantitative estimate of drug-likeness (QED) is 0.863. The number of benzene rings is 1. The number of amides is 1. The summed E-state index contributed by atoms with van der Waals surface area (Å²) in [6.45, 7) is 0.233. The zero-order valence-electron chi connectivity index (χ0n) is 10.3. The maximum Gasteiger partial charge on any atom is 0.269 e. The van der Waals surface area contributed by atoms with E-state index in [-0.39, 0.29) is 12.5 Å². The molecule has 2 N–H and O–H groups in total. The van der Waals surface area contributed by atoms with E-state index in [1.54, 1.807) is 0 Å². The van der Waals surface area contributed by atoms with Gasteiger partial charge in [0.25, 0.3) is 5.91 Å². The van der Waals surface area contributed by atoms with E-state index < -0.39 is 6.10 Å². The number of rotatable bonds is 2. The zero-order valence-corrected chi connectivity index (χ0v) is 10.3. The summed E-state index contributed by atoms with van der Waals surface area (Å²) in [6, 6.07) is 8.05. The second-order valence-corrected chi connectivity index (χ2v) is 4.96. The predicted molar refractivity (Wildman–Crippen MR) is 69.7 cm³/mol. The molecule has 3 rings (SSSR count). The van der Waals surface area contributed by atoms with Gasteiger partial charge in [0, 0.05) is 12.6 Å². The molecule has 0 aromatic heterocycles. The first-order valence-electron chi connectivity index (χ1n) is 6.60. The summed E-state index contributed by atoms with van der Waals surface area (Å²) in [5.41, 5.74) is 6.54. The van der Waals surface area contributed by atoms with Gasteiger partial charge < -0.3 is 15.4 Å². The molecule has 4 nitrogen and oxygen atoms in total. The molecule has 0 saturated heterocycles. The van der Waals surface area contributed by atoms with Crippen molar-refractivity contribution in [3.8, 4) is 5.75 Å². The van der Waals surface area contributed by atoms with Gasteiger partial charge in [-0.2, -0.15) is 0 Å². The molecule has 1 aromatic carbocycles. The lowest BCUT2D eigenvalue weighted by Crippen LogP contribution is -2.52. The number of carbonyl (C=O) groups is 1. The predicted octanol–water partition coefficient (Wildman–Crippen LogP) is 1.68. The highest BCUT2D eigenvalue weighted by molar-refractivity contribution is 6.00. The maximum absolute atomic E-state index is 12.4. The molecular weight excluding hydrogens is 228 g/mol. The topological polar surface area (TPSA) is 55.6 Å². The summed E-state index contributed by atoms with van der Waals surface area (Å²) < 4.78 is 5.67. The summed E-state index contributed by atoms with van der Waals surface area (Å²) in [5.74, 6) is 0.794. The maximum atomic E-state index is 12.4. The van der Waals surface area contributed by atoms with Gasteiger partial charge in [-0.05, 0) is 25.0 Å². The van der Waals surface area contributed by atoms with E-state index in [0.29, 0.717) is 6.04 Å². The number of para-hydroxylation sites is 2. The average molecular weight is 246 g/mol. The van der Waals surface area contributed by atoms with E-state index in [2.05, 4.69) is 0 Å². The third-order valence-corrected chi connectivity index (χ3v) is 3.81. The largest absolute Gasteiger partial charge is 0.477 e. The van der Waals surface area contributed by atoms with Crippen LogP contribution in [0.4, 0.5) is 5.69 Å². The molecule has 0 bridgehead atoms. The molecule has 0 radical (unpaired) electrons. The summed E-state index contributed by atoms with van der Waals surface area (Å²) in [6.07, 6.45) is 4.03. The SMILES string of the molecule is NCC1Oc2ccccc2N(C2CCCC2)C1=O. The number of nitrogens with zero attached hydrogens (tertiary/aromatic N) is 1. The smallest absolute Gasteiger partial charge is 0.269 e. The molecule has 1 saturated carbocycles. The van der Waals surface area contributed by atoms with Gasteiger partial charge in [0.2, 0.25) is 0 Å². The summed E-state index contributed by atoms with van der Waals surface area (Å²) in [4.78, 5) is 14.3. The second kappa shape index (κ2) is 4.61. The number of fused-ring (bicyclic) bond motifs is 1. The molecule has 1 unspecified atom stereocenters. The Balaban J connectivity index is 2.00. The fourth-order valence-corrected chi connectivity index (χ4v) is 2.92. The number of nitrogens with two attached hydrogens (primary N) is 1. The van der Waals surface area contributed by atoms with E-state index in [9.17, 15) is 4.79 Å². The van der Waals surface area contributed by atoms with Crippen LogP contribution in [0.15, 0.2) is 24.3 Å². The number of hydrogen-bond acceptors (Lipinski definition) is 3. The van der Waals surface area contributed by atoms with Crippen molar-refractivity contribution < 1.29 is 9.53 Å². The van der Waals surface area contributed by atoms with Gasteiger partial charge in [-0.15, -0.1) is 0 Å². The third-order valence-electron chi connectivity index (χ3n) is 3.81. The number of carbonyl (C=O) groups excluding carboxylic acids is 1. The molecular formula is C14H18N2O2. The first-order chi connectivity index (χ1) is 8.81. The Labute approximate surface area is 107 Å². The van der Waals surface area contributed by atoms with E-state index in [0.717, 1.165) is 24.3 Å². The van der Waals surface area contributed by atoms with Gasteiger partial charge in [0.1, 0.15) is 5.75 Å². The first-order valence-corrected chi connectivity index (χ1v) is 6.60. The lowest BCUT2D eigenvalue weighted by molar-refractivity contribution is -0.126. The summed E-state index contributed by atoms with van der Waals surface area (Å²) in [5, 5.41) is 0. The monoisotopic (exact) mass is 246 g/mol. The van der Waals surface area contributed by atoms with Gasteiger partial charge in [-0.25, -0.2) is 0 Å². The molecule has 1 aliphatic heterocycles. The lowest BCUT2D eigenvalue weighted by Gasteiger charge is -2.37. The van der Waals surface area contributed by atoms with Crippen LogP contribution in [0.25, 0.3) is 0 Å². The van der Waals surface area contributed by atoms with Gasteiger partial charge in [-0.3, -0.25) is 4.79 Å². The highest BCUT2D eigenvalue weighted by Crippen LogP contribution is 2.38. The van der Waals surface area contributed by atoms with E-state index in [4.69, 9.17) is 10.5 Å². The van der Waals surface area contributed by atoms with Crippen molar-refractivity contribution in [3.63, 3.8) is 0 Å². The van der Waals surface area contributed by atoms with Gasteiger partial charge in [-0.1, -0.05) is 25.0 Å². The van der Waals surface area contributed by atoms with Gasteiger partial charge in [0.05, 0.1) is 5.69 Å². The summed E-state index contributed by atoms with van der Waals surface area (Å²) in [7, 11) is 0. The molecule has 1 amide bonds. The Hall–Kier alpha value is -1.55. The van der Waals surface area contributed by atoms with Crippen molar-refractivity contribution in [3.05, 3.63) is 24.3 Å². The van der Waals surface area contributed by atoms with Crippen molar-refractivity contribution in [2.45, 2.75) is 37.8 Å². The van der Waals surface area contributed by atoms with Crippen LogP contribution >= 0.6 is 0 Å². The van der Waals surface area contributed by atoms with Crippen LogP contribution < -0.4 is 15.4 Å². The van der Waals surface area contributed by atoms with Crippen molar-refractivity contribution in [1.29, 1.82) is 0 Å². The minimum Gasteiger partial charge on any atom is -0.477 e. The van der Waals surface area contributed by atoms with Gasteiger partial charge in [0.15, 0.2) is 6.10 Å². The normalized spacial score (nSPS) is 23.9. The fraction of sp³-hybridized carbons (Fsp3) is 0.500. The average Bonchev–Trinajstić information content (AvgIpc) is 2.91. The molecule has 4 heteroatoms. The Morgan fingerprint density at radius 3 is 2.72 bits per heavy atom. The lowest BCUT2D eigenvalue weighted by atomic mass is 10.1. The Bertz CT molecular complexity index is 455. The zero-order chi connectivity index (χ0) is 12.5. The molecule has 18 heavy (non-hydrogen) atoms. The minimum absolute atomic E-state index is 0.0168. The van der Waals surface area contributed by atoms with Crippen LogP contribution in [0.2, 0.25) is 0 Å². The number of hydrogen-bond donors (Lipinski definition) is 1. The molecule has 0 spiro atoms. The molecule has 1 aromatic rings. The van der Waals surface area contributed by atoms with Crippen LogP contribution in [0.5, 0.6) is 5.75 Å². The molecule has 2 aliphatic rings. The van der Waals surface area contributed by atoms with Crippen molar-refractivity contribution in [1.82, 2.24) is 0 Å².